The number of pyridine rings is 1. The molecule has 0 radical (unpaired) electrons. The van der Waals surface area contributed by atoms with Gasteiger partial charge in [-0.1, -0.05) is 18.2 Å². The molecule has 6 heteroatoms. The molecule has 0 bridgehead atoms. The average molecular weight is 421 g/mol. The topological polar surface area (TPSA) is 48.5 Å². The highest BCUT2D eigenvalue weighted by Crippen LogP contribution is 2.42. The highest BCUT2D eigenvalue weighted by Gasteiger charge is 2.31. The number of nitrogens with zero attached hydrogens (tertiary/aromatic N) is 3. The zero-order valence-electron chi connectivity index (χ0n) is 17.8. The molecule has 1 aromatic carbocycles. The van der Waals surface area contributed by atoms with E-state index in [1.165, 1.54) is 21.6 Å². The quantitative estimate of drug-likeness (QED) is 0.667. The first-order valence-corrected chi connectivity index (χ1v) is 11.1. The Kier molecular flexibility index (Phi) is 6.27. The van der Waals surface area contributed by atoms with E-state index in [1.54, 1.807) is 11.3 Å². The van der Waals surface area contributed by atoms with Gasteiger partial charge >= 0.3 is 0 Å². The van der Waals surface area contributed by atoms with Gasteiger partial charge in [-0.25, -0.2) is 0 Å². The Balaban J connectivity index is 1.74. The molecule has 5 nitrogen and oxygen atoms in total. The second-order valence-corrected chi connectivity index (χ2v) is 9.09. The number of piperazine rings is 1. The van der Waals surface area contributed by atoms with Crippen molar-refractivity contribution in [2.24, 2.45) is 0 Å². The van der Waals surface area contributed by atoms with E-state index >= 15 is 0 Å². The molecule has 1 atom stereocenters. The molecule has 1 fully saturated rings. The molecule has 1 aliphatic heterocycles. The van der Waals surface area contributed by atoms with Gasteiger partial charge in [-0.05, 0) is 56.3 Å². The Bertz CT molecular complexity index is 995. The summed E-state index contributed by atoms with van der Waals surface area (Å²) in [5, 5.41) is 4.16. The van der Waals surface area contributed by atoms with Gasteiger partial charge in [0.25, 0.3) is 5.91 Å². The Morgan fingerprint density at radius 2 is 1.70 bits per heavy atom. The van der Waals surface area contributed by atoms with Gasteiger partial charge in [0.2, 0.25) is 0 Å². The molecule has 1 N–H and O–H groups in total. The maximum absolute atomic E-state index is 12.9. The molecule has 0 saturated carbocycles. The van der Waals surface area contributed by atoms with Crippen LogP contribution in [-0.2, 0) is 0 Å². The minimum Gasteiger partial charge on any atom is -0.313 e. The Morgan fingerprint density at radius 1 is 1.03 bits per heavy atom. The zero-order valence-corrected chi connectivity index (χ0v) is 18.6. The van der Waals surface area contributed by atoms with E-state index in [2.05, 4.69) is 53.1 Å². The van der Waals surface area contributed by atoms with Crippen molar-refractivity contribution in [3.63, 3.8) is 0 Å². The summed E-state index contributed by atoms with van der Waals surface area (Å²) in [6, 6.07) is 13.7. The molecule has 1 aliphatic rings. The van der Waals surface area contributed by atoms with Gasteiger partial charge in [0.1, 0.15) is 5.00 Å². The summed E-state index contributed by atoms with van der Waals surface area (Å²) in [5.41, 5.74) is 4.35. The van der Waals surface area contributed by atoms with Crippen LogP contribution in [0.15, 0.2) is 54.9 Å². The number of benzene rings is 1. The first-order valence-electron chi connectivity index (χ1n) is 10.3. The van der Waals surface area contributed by atoms with E-state index in [4.69, 9.17) is 0 Å². The van der Waals surface area contributed by atoms with Crippen molar-refractivity contribution in [1.82, 2.24) is 14.8 Å². The van der Waals surface area contributed by atoms with Gasteiger partial charge in [0, 0.05) is 54.6 Å². The van der Waals surface area contributed by atoms with Crippen LogP contribution in [0.2, 0.25) is 0 Å². The zero-order chi connectivity index (χ0) is 21.1. The lowest BCUT2D eigenvalue weighted by atomic mass is 9.95. The van der Waals surface area contributed by atoms with Crippen molar-refractivity contribution in [3.05, 3.63) is 82.0 Å². The third-order valence-corrected chi connectivity index (χ3v) is 7.03. The molecule has 1 amide bonds. The average Bonchev–Trinajstić information content (AvgIpc) is 3.04. The molecule has 30 heavy (non-hydrogen) atoms. The minimum atomic E-state index is -0.0649. The summed E-state index contributed by atoms with van der Waals surface area (Å²) in [5.74, 6) is -0.0649. The van der Waals surface area contributed by atoms with E-state index in [0.717, 1.165) is 31.2 Å². The van der Waals surface area contributed by atoms with E-state index < -0.39 is 0 Å². The molecular formula is C24H28N4OS. The van der Waals surface area contributed by atoms with Crippen molar-refractivity contribution in [1.29, 1.82) is 0 Å². The number of likely N-dealkylation sites (N-methyl/N-ethyl adjacent to an activating group) is 1. The third kappa shape index (κ3) is 4.31. The summed E-state index contributed by atoms with van der Waals surface area (Å²) in [7, 11) is 2.17. The van der Waals surface area contributed by atoms with Crippen molar-refractivity contribution in [2.45, 2.75) is 19.9 Å². The number of amides is 1. The fraction of sp³-hybridized carbons (Fsp3) is 0.333. The minimum absolute atomic E-state index is 0.0649. The van der Waals surface area contributed by atoms with Crippen LogP contribution in [0.1, 0.15) is 38.0 Å². The van der Waals surface area contributed by atoms with Crippen LogP contribution in [0.25, 0.3) is 0 Å². The van der Waals surface area contributed by atoms with Crippen molar-refractivity contribution in [3.8, 4) is 0 Å². The predicted molar refractivity (Wildman–Crippen MR) is 123 cm³/mol. The lowest BCUT2D eigenvalue weighted by Gasteiger charge is -2.38. The van der Waals surface area contributed by atoms with Crippen molar-refractivity contribution < 1.29 is 4.79 Å². The number of rotatable bonds is 5. The second-order valence-electron chi connectivity index (χ2n) is 7.87. The number of aromatic nitrogens is 1. The first kappa shape index (κ1) is 20.7. The molecule has 0 aliphatic carbocycles. The Labute approximate surface area is 182 Å². The van der Waals surface area contributed by atoms with Gasteiger partial charge in [-0.15, -0.1) is 11.3 Å². The highest BCUT2D eigenvalue weighted by molar-refractivity contribution is 7.16. The van der Waals surface area contributed by atoms with E-state index in [0.29, 0.717) is 5.56 Å². The van der Waals surface area contributed by atoms with Crippen LogP contribution in [0.5, 0.6) is 0 Å². The van der Waals surface area contributed by atoms with Gasteiger partial charge in [0.15, 0.2) is 0 Å². The number of carbonyl (C=O) groups excluding carboxylic acids is 1. The molecule has 0 unspecified atom stereocenters. The fourth-order valence-electron chi connectivity index (χ4n) is 4.02. The molecule has 4 rings (SSSR count). The summed E-state index contributed by atoms with van der Waals surface area (Å²) in [6.45, 7) is 8.36. The van der Waals surface area contributed by atoms with E-state index in [9.17, 15) is 4.79 Å². The number of aryl methyl sites for hydroxylation is 1. The van der Waals surface area contributed by atoms with Crippen LogP contribution in [-0.4, -0.2) is 53.9 Å². The van der Waals surface area contributed by atoms with Crippen LogP contribution in [0, 0.1) is 13.8 Å². The maximum Gasteiger partial charge on any atom is 0.256 e. The molecule has 156 valence electrons. The van der Waals surface area contributed by atoms with Gasteiger partial charge in [-0.3, -0.25) is 14.7 Å². The standard InChI is InChI=1S/C24H28N4OS/c1-17-18(2)30-24(26-23(29)20-7-5-4-6-8-20)21(17)22(19-9-11-25-12-10-19)28-15-13-27(3)14-16-28/h4-12,22H,13-16H2,1-3H3,(H,26,29)/t22-/m1/s1. The summed E-state index contributed by atoms with van der Waals surface area (Å²) in [4.78, 5) is 23.3. The number of nitrogens with one attached hydrogen (secondary N) is 1. The highest BCUT2D eigenvalue weighted by atomic mass is 32.1. The van der Waals surface area contributed by atoms with Crippen molar-refractivity contribution >= 4 is 22.2 Å². The van der Waals surface area contributed by atoms with Crippen LogP contribution < -0.4 is 5.32 Å². The number of thiophene rings is 1. The molecule has 0 spiro atoms. The summed E-state index contributed by atoms with van der Waals surface area (Å²) >= 11 is 1.67. The fourth-order valence-corrected chi connectivity index (χ4v) is 5.11. The Morgan fingerprint density at radius 3 is 2.37 bits per heavy atom. The SMILES string of the molecule is Cc1sc(NC(=O)c2ccccc2)c([C@@H](c2ccncc2)N2CCN(C)CC2)c1C. The lowest BCUT2D eigenvalue weighted by Crippen LogP contribution is -2.46. The van der Waals surface area contributed by atoms with Crippen LogP contribution >= 0.6 is 11.3 Å². The monoisotopic (exact) mass is 420 g/mol. The lowest BCUT2D eigenvalue weighted by molar-refractivity contribution is 0.102. The number of carbonyl (C=O) groups is 1. The van der Waals surface area contributed by atoms with Crippen molar-refractivity contribution in [2.75, 3.05) is 38.5 Å². The van der Waals surface area contributed by atoms with Gasteiger partial charge in [0.05, 0.1) is 6.04 Å². The first-order chi connectivity index (χ1) is 14.5. The predicted octanol–water partition coefficient (Wildman–Crippen LogP) is 4.35. The van der Waals surface area contributed by atoms with E-state index in [1.807, 2.05) is 42.7 Å². The van der Waals surface area contributed by atoms with Crippen LogP contribution in [0.3, 0.4) is 0 Å². The molecule has 2 aromatic heterocycles. The smallest absolute Gasteiger partial charge is 0.256 e. The van der Waals surface area contributed by atoms with E-state index in [-0.39, 0.29) is 11.9 Å². The number of hydrogen-bond acceptors (Lipinski definition) is 5. The van der Waals surface area contributed by atoms with Gasteiger partial charge < -0.3 is 10.2 Å². The normalized spacial score (nSPS) is 16.4. The van der Waals surface area contributed by atoms with Gasteiger partial charge in [-0.2, -0.15) is 0 Å². The Hall–Kier alpha value is -2.54. The number of anilines is 1. The second kappa shape index (κ2) is 9.08. The molecule has 3 heterocycles. The molecule has 1 saturated heterocycles. The number of hydrogen-bond donors (Lipinski definition) is 1. The largest absolute Gasteiger partial charge is 0.313 e. The third-order valence-electron chi connectivity index (χ3n) is 5.89. The molecular weight excluding hydrogens is 392 g/mol. The summed E-state index contributed by atoms with van der Waals surface area (Å²) < 4.78 is 0. The van der Waals surface area contributed by atoms with Crippen LogP contribution in [0.4, 0.5) is 5.00 Å². The molecule has 3 aromatic rings. The maximum atomic E-state index is 12.9. The summed E-state index contributed by atoms with van der Waals surface area (Å²) in [6.07, 6.45) is 3.71.